The molecule has 0 aliphatic heterocycles. The molecule has 0 aromatic heterocycles. The summed E-state index contributed by atoms with van der Waals surface area (Å²) in [5.74, 6) is 2.04. The summed E-state index contributed by atoms with van der Waals surface area (Å²) in [6, 6.07) is 20.5. The summed E-state index contributed by atoms with van der Waals surface area (Å²) in [5, 5.41) is 37.8. The van der Waals surface area contributed by atoms with Gasteiger partial charge in [0.2, 0.25) is 0 Å². The maximum atomic E-state index is 9.85. The Balaban J connectivity index is 0.000000212. The average molecular weight is 746 g/mol. The van der Waals surface area contributed by atoms with Gasteiger partial charge in [-0.05, 0) is 148 Å². The summed E-state index contributed by atoms with van der Waals surface area (Å²) < 4.78 is 8.01. The van der Waals surface area contributed by atoms with Crippen LogP contribution in [0.3, 0.4) is 0 Å². The van der Waals surface area contributed by atoms with E-state index >= 15 is 0 Å². The van der Waals surface area contributed by atoms with E-state index in [1.54, 1.807) is 48.5 Å². The first kappa shape index (κ1) is 28.4. The van der Waals surface area contributed by atoms with E-state index in [0.29, 0.717) is 29.4 Å². The number of phenols is 4. The van der Waals surface area contributed by atoms with Crippen LogP contribution in [-0.2, 0) is 5.41 Å². The van der Waals surface area contributed by atoms with Crippen molar-refractivity contribution in [2.24, 2.45) is 0 Å². The third-order valence-electron chi connectivity index (χ3n) is 5.39. The Labute approximate surface area is 242 Å². The first-order valence-electron chi connectivity index (χ1n) is 10.5. The molecule has 36 heavy (non-hydrogen) atoms. The maximum Gasteiger partial charge on any atom is 0.143 e. The molecule has 0 spiro atoms. The van der Waals surface area contributed by atoms with Gasteiger partial charge in [0, 0.05) is 5.41 Å². The predicted molar refractivity (Wildman–Crippen MR) is 155 cm³/mol. The lowest BCUT2D eigenvalue weighted by Crippen LogP contribution is -2.19. The van der Waals surface area contributed by atoms with E-state index in [2.05, 4.69) is 77.6 Å². The third kappa shape index (κ3) is 6.97. The van der Waals surface area contributed by atoms with Crippen LogP contribution in [0.1, 0.15) is 25.0 Å². The Kier molecular flexibility index (Phi) is 9.38. The van der Waals surface area contributed by atoms with E-state index in [-0.39, 0.29) is 28.4 Å². The second-order valence-corrected chi connectivity index (χ2v) is 11.7. The van der Waals surface area contributed by atoms with E-state index in [1.165, 1.54) is 0 Å². The highest BCUT2D eigenvalue weighted by atomic mass is 79.9. The fraction of sp³-hybridized carbons (Fsp3) is 0.111. The van der Waals surface area contributed by atoms with E-state index in [0.717, 1.165) is 11.1 Å². The SMILES string of the molecule is CC(C)(c1cc(Br)c(O)c(Br)c1)c1cc(Br)c(O)c(Br)c1.Oc1ccc(Oc2ccc(O)cc2)cc1. The van der Waals surface area contributed by atoms with Crippen molar-refractivity contribution in [3.8, 4) is 34.5 Å². The van der Waals surface area contributed by atoms with Crippen molar-refractivity contribution in [2.75, 3.05) is 0 Å². The first-order valence-corrected chi connectivity index (χ1v) is 13.7. The number of halogens is 4. The molecule has 9 heteroatoms. The molecular formula is C27H22Br4O5. The molecule has 0 aliphatic carbocycles. The van der Waals surface area contributed by atoms with Crippen LogP contribution in [0.25, 0.3) is 0 Å². The van der Waals surface area contributed by atoms with E-state index in [4.69, 9.17) is 14.9 Å². The zero-order valence-corrected chi connectivity index (χ0v) is 25.5. The average Bonchev–Trinajstić information content (AvgIpc) is 2.83. The Morgan fingerprint density at radius 3 is 1.08 bits per heavy atom. The number of aromatic hydroxyl groups is 4. The fourth-order valence-electron chi connectivity index (χ4n) is 3.18. The second kappa shape index (κ2) is 11.9. The number of benzene rings is 4. The van der Waals surface area contributed by atoms with Crippen LogP contribution in [0.4, 0.5) is 0 Å². The highest BCUT2D eigenvalue weighted by Crippen LogP contribution is 2.43. The van der Waals surface area contributed by atoms with Crippen molar-refractivity contribution in [3.63, 3.8) is 0 Å². The van der Waals surface area contributed by atoms with Crippen molar-refractivity contribution < 1.29 is 25.2 Å². The molecule has 188 valence electrons. The molecule has 0 unspecified atom stereocenters. The van der Waals surface area contributed by atoms with Crippen LogP contribution in [0.5, 0.6) is 34.5 Å². The van der Waals surface area contributed by atoms with Crippen LogP contribution in [0, 0.1) is 0 Å². The van der Waals surface area contributed by atoms with Gasteiger partial charge < -0.3 is 25.2 Å². The zero-order valence-electron chi connectivity index (χ0n) is 19.1. The molecule has 0 amide bonds. The van der Waals surface area contributed by atoms with Gasteiger partial charge >= 0.3 is 0 Å². The van der Waals surface area contributed by atoms with Crippen molar-refractivity contribution in [2.45, 2.75) is 19.3 Å². The molecule has 0 fully saturated rings. The molecule has 0 heterocycles. The minimum absolute atomic E-state index is 0.183. The quantitative estimate of drug-likeness (QED) is 0.167. The van der Waals surface area contributed by atoms with Crippen LogP contribution < -0.4 is 4.74 Å². The maximum absolute atomic E-state index is 9.85. The highest BCUT2D eigenvalue weighted by molar-refractivity contribution is 9.11. The van der Waals surface area contributed by atoms with Crippen LogP contribution in [0.15, 0.2) is 90.7 Å². The van der Waals surface area contributed by atoms with Gasteiger partial charge in [0.25, 0.3) is 0 Å². The smallest absolute Gasteiger partial charge is 0.143 e. The van der Waals surface area contributed by atoms with Gasteiger partial charge in [-0.15, -0.1) is 0 Å². The number of ether oxygens (including phenoxy) is 1. The Hall–Kier alpha value is -2.20. The molecule has 0 aliphatic rings. The molecule has 4 aromatic carbocycles. The Morgan fingerprint density at radius 1 is 0.528 bits per heavy atom. The minimum Gasteiger partial charge on any atom is -0.508 e. The summed E-state index contributed by atoms with van der Waals surface area (Å²) >= 11 is 13.5. The Bertz CT molecular complexity index is 1200. The summed E-state index contributed by atoms with van der Waals surface area (Å²) in [4.78, 5) is 0. The lowest BCUT2D eigenvalue weighted by atomic mass is 9.78. The topological polar surface area (TPSA) is 90.2 Å². The highest BCUT2D eigenvalue weighted by Gasteiger charge is 2.26. The van der Waals surface area contributed by atoms with Crippen molar-refractivity contribution in [1.82, 2.24) is 0 Å². The number of hydrogen-bond donors (Lipinski definition) is 4. The van der Waals surface area contributed by atoms with Crippen molar-refractivity contribution in [1.29, 1.82) is 0 Å². The van der Waals surface area contributed by atoms with E-state index in [9.17, 15) is 10.2 Å². The summed E-state index contributed by atoms with van der Waals surface area (Å²) in [5.41, 5.74) is 1.75. The van der Waals surface area contributed by atoms with Gasteiger partial charge in [0.15, 0.2) is 0 Å². The lowest BCUT2D eigenvalue weighted by molar-refractivity contribution is 0.459. The van der Waals surface area contributed by atoms with Crippen LogP contribution in [-0.4, -0.2) is 20.4 Å². The lowest BCUT2D eigenvalue weighted by Gasteiger charge is -2.27. The molecule has 4 aromatic rings. The molecule has 0 radical (unpaired) electrons. The normalized spacial score (nSPS) is 10.9. The zero-order chi connectivity index (χ0) is 26.6. The number of phenolic OH excluding ortho intramolecular Hbond substituents is 4. The standard InChI is InChI=1S/C15H12Br4O2.C12H10O3/c1-15(2,7-3-9(16)13(20)10(17)4-7)8-5-11(18)14(21)12(19)6-8;13-9-1-5-11(6-2-9)15-12-7-3-10(14)4-8-12/h3-6,20-21H,1-2H3;1-8,13-14H. The minimum atomic E-state index is -0.308. The van der Waals surface area contributed by atoms with Gasteiger partial charge in [0.1, 0.15) is 34.5 Å². The molecule has 0 atom stereocenters. The van der Waals surface area contributed by atoms with E-state index < -0.39 is 0 Å². The molecule has 5 nitrogen and oxygen atoms in total. The van der Waals surface area contributed by atoms with Gasteiger partial charge in [-0.1, -0.05) is 13.8 Å². The van der Waals surface area contributed by atoms with Gasteiger partial charge in [-0.2, -0.15) is 0 Å². The van der Waals surface area contributed by atoms with Gasteiger partial charge in [-0.25, -0.2) is 0 Å². The largest absolute Gasteiger partial charge is 0.508 e. The van der Waals surface area contributed by atoms with Gasteiger partial charge in [-0.3, -0.25) is 0 Å². The van der Waals surface area contributed by atoms with Crippen molar-refractivity contribution in [3.05, 3.63) is 102 Å². The molecule has 4 N–H and O–H groups in total. The summed E-state index contributed by atoms with van der Waals surface area (Å²) in [7, 11) is 0. The molecule has 0 bridgehead atoms. The Morgan fingerprint density at radius 2 is 0.806 bits per heavy atom. The molecule has 0 saturated carbocycles. The number of rotatable bonds is 4. The monoisotopic (exact) mass is 742 g/mol. The summed E-state index contributed by atoms with van der Waals surface area (Å²) in [6.45, 7) is 4.17. The summed E-state index contributed by atoms with van der Waals surface area (Å²) in [6.07, 6.45) is 0. The molecular weight excluding hydrogens is 724 g/mol. The fourth-order valence-corrected chi connectivity index (χ4v) is 5.56. The number of hydrogen-bond acceptors (Lipinski definition) is 5. The third-order valence-corrected chi connectivity index (χ3v) is 7.80. The first-order chi connectivity index (χ1) is 16.9. The second-order valence-electron chi connectivity index (χ2n) is 8.29. The van der Waals surface area contributed by atoms with Crippen molar-refractivity contribution >= 4 is 63.7 Å². The molecule has 4 rings (SSSR count). The van der Waals surface area contributed by atoms with Gasteiger partial charge in [0.05, 0.1) is 17.9 Å². The van der Waals surface area contributed by atoms with Crippen LogP contribution >= 0.6 is 63.7 Å². The van der Waals surface area contributed by atoms with E-state index in [1.807, 2.05) is 24.3 Å². The predicted octanol–water partition coefficient (Wildman–Crippen LogP) is 9.36. The van der Waals surface area contributed by atoms with Crippen LogP contribution in [0.2, 0.25) is 0 Å². The molecule has 0 saturated heterocycles.